The molecule has 3 heterocycles. The van der Waals surface area contributed by atoms with Crippen LogP contribution < -0.4 is 10.3 Å². The molecule has 0 unspecified atom stereocenters. The maximum absolute atomic E-state index is 13.3. The van der Waals surface area contributed by atoms with Gasteiger partial charge in [0.15, 0.2) is 5.65 Å². The van der Waals surface area contributed by atoms with Gasteiger partial charge in [-0.1, -0.05) is 12.1 Å². The number of hydrogen-bond acceptors (Lipinski definition) is 6. The van der Waals surface area contributed by atoms with E-state index in [0.717, 1.165) is 5.56 Å². The first-order chi connectivity index (χ1) is 17.6. The summed E-state index contributed by atoms with van der Waals surface area (Å²) in [6.45, 7) is 1.67. The van der Waals surface area contributed by atoms with Gasteiger partial charge < -0.3 is 9.84 Å². The van der Waals surface area contributed by atoms with Crippen LogP contribution in [0.2, 0.25) is 0 Å². The van der Waals surface area contributed by atoms with Gasteiger partial charge in [-0.3, -0.25) is 14.3 Å². The van der Waals surface area contributed by atoms with Gasteiger partial charge in [-0.05, 0) is 54.8 Å². The summed E-state index contributed by atoms with van der Waals surface area (Å²) in [5.74, 6) is -0.660. The molecule has 0 radical (unpaired) electrons. The summed E-state index contributed by atoms with van der Waals surface area (Å²) in [6, 6.07) is 11.4. The molecule has 0 amide bonds. The molecule has 2 aromatic heterocycles. The second kappa shape index (κ2) is 9.60. The first kappa shape index (κ1) is 24.9. The molecule has 1 aliphatic rings. The first-order valence-electron chi connectivity index (χ1n) is 11.6. The number of aliphatic hydroxyl groups is 1. The van der Waals surface area contributed by atoms with E-state index in [0.29, 0.717) is 43.8 Å². The van der Waals surface area contributed by atoms with Crippen molar-refractivity contribution >= 4 is 11.0 Å². The summed E-state index contributed by atoms with van der Waals surface area (Å²) in [5, 5.41) is 15.7. The number of likely N-dealkylation sites (tertiary alicyclic amines) is 1. The lowest BCUT2D eigenvalue weighted by Crippen LogP contribution is -2.47. The molecule has 0 bridgehead atoms. The number of halogens is 4. The van der Waals surface area contributed by atoms with Crippen molar-refractivity contribution in [1.29, 1.82) is 0 Å². The molecule has 2 aromatic carbocycles. The summed E-state index contributed by atoms with van der Waals surface area (Å²) >= 11 is 0. The van der Waals surface area contributed by atoms with Gasteiger partial charge in [-0.25, -0.2) is 14.1 Å². The van der Waals surface area contributed by atoms with E-state index in [1.807, 2.05) is 0 Å². The van der Waals surface area contributed by atoms with Gasteiger partial charge in [0.1, 0.15) is 23.3 Å². The van der Waals surface area contributed by atoms with E-state index >= 15 is 0 Å². The molecule has 1 fully saturated rings. The van der Waals surface area contributed by atoms with Gasteiger partial charge >= 0.3 is 6.36 Å². The highest BCUT2D eigenvalue weighted by Crippen LogP contribution is 2.27. The summed E-state index contributed by atoms with van der Waals surface area (Å²) in [5.41, 5.74) is 0.266. The van der Waals surface area contributed by atoms with Crippen LogP contribution in [-0.4, -0.2) is 54.4 Å². The monoisotopic (exact) mass is 517 g/mol. The van der Waals surface area contributed by atoms with Crippen molar-refractivity contribution in [3.05, 3.63) is 82.8 Å². The molecule has 0 aliphatic carbocycles. The van der Waals surface area contributed by atoms with Crippen LogP contribution in [0.15, 0.2) is 65.8 Å². The highest BCUT2D eigenvalue weighted by molar-refractivity contribution is 5.74. The molecule has 1 aliphatic heterocycles. The summed E-state index contributed by atoms with van der Waals surface area (Å²) < 4.78 is 57.0. The molecule has 1 saturated heterocycles. The Morgan fingerprint density at radius 2 is 1.70 bits per heavy atom. The fraction of sp³-hybridized carbons (Fsp3) is 0.320. The number of ether oxygens (including phenoxy) is 1. The molecule has 4 aromatic rings. The van der Waals surface area contributed by atoms with Gasteiger partial charge in [0.2, 0.25) is 0 Å². The van der Waals surface area contributed by atoms with Crippen molar-refractivity contribution in [2.75, 3.05) is 13.1 Å². The minimum atomic E-state index is -4.73. The van der Waals surface area contributed by atoms with Gasteiger partial charge in [0, 0.05) is 19.6 Å². The number of rotatable bonds is 6. The Morgan fingerprint density at radius 1 is 1.03 bits per heavy atom. The van der Waals surface area contributed by atoms with Gasteiger partial charge in [0.25, 0.3) is 5.56 Å². The molecular formula is C25H23F4N5O3. The van der Waals surface area contributed by atoms with Gasteiger partial charge in [-0.15, -0.1) is 13.2 Å². The van der Waals surface area contributed by atoms with Crippen LogP contribution in [0.25, 0.3) is 16.7 Å². The molecule has 0 spiro atoms. The smallest absolute Gasteiger partial charge is 0.406 e. The SMILES string of the molecule is O=c1c2cnn(-c3ccc(F)cc3)c2ncn1CC1(O)CCN(Cc2ccc(OC(F)(F)F)cc2)CC1. The predicted octanol–water partition coefficient (Wildman–Crippen LogP) is 3.65. The Bertz CT molecular complexity index is 1440. The van der Waals surface area contributed by atoms with Crippen molar-refractivity contribution in [1.82, 2.24) is 24.2 Å². The normalized spacial score (nSPS) is 16.2. The Hall–Kier alpha value is -3.77. The molecular weight excluding hydrogens is 494 g/mol. The Labute approximate surface area is 208 Å². The topological polar surface area (TPSA) is 85.4 Å². The van der Waals surface area contributed by atoms with E-state index in [4.69, 9.17) is 0 Å². The van der Waals surface area contributed by atoms with Crippen molar-refractivity contribution in [2.24, 2.45) is 0 Å². The summed E-state index contributed by atoms with van der Waals surface area (Å²) in [4.78, 5) is 19.5. The standard InChI is InChI=1S/C25H23F4N5O3/c26-18-3-5-19(6-4-18)34-22-21(13-31-34)23(35)33(16-30-22)15-24(36)9-11-32(12-10-24)14-17-1-7-20(8-2-17)37-25(27,28)29/h1-8,13,16,36H,9-12,14-15H2. The molecule has 0 atom stereocenters. The number of alkyl halides is 3. The molecule has 12 heteroatoms. The zero-order valence-electron chi connectivity index (χ0n) is 19.5. The maximum atomic E-state index is 13.3. The largest absolute Gasteiger partial charge is 0.573 e. The average Bonchev–Trinajstić information content (AvgIpc) is 3.28. The number of nitrogens with zero attached hydrogens (tertiary/aromatic N) is 5. The fourth-order valence-corrected chi connectivity index (χ4v) is 4.49. The number of hydrogen-bond donors (Lipinski definition) is 1. The number of aromatic nitrogens is 4. The third-order valence-electron chi connectivity index (χ3n) is 6.44. The lowest BCUT2D eigenvalue weighted by Gasteiger charge is -2.38. The third kappa shape index (κ3) is 5.65. The highest BCUT2D eigenvalue weighted by atomic mass is 19.4. The van der Waals surface area contributed by atoms with Crippen LogP contribution in [0.3, 0.4) is 0 Å². The van der Waals surface area contributed by atoms with E-state index < -0.39 is 12.0 Å². The molecule has 1 N–H and O–H groups in total. The maximum Gasteiger partial charge on any atom is 0.573 e. The summed E-state index contributed by atoms with van der Waals surface area (Å²) in [6.07, 6.45) is -1.14. The van der Waals surface area contributed by atoms with Crippen molar-refractivity contribution in [3.8, 4) is 11.4 Å². The van der Waals surface area contributed by atoms with Crippen LogP contribution in [0.5, 0.6) is 5.75 Å². The third-order valence-corrected chi connectivity index (χ3v) is 6.44. The van der Waals surface area contributed by atoms with Crippen LogP contribution in [0.1, 0.15) is 18.4 Å². The van der Waals surface area contributed by atoms with Gasteiger partial charge in [-0.2, -0.15) is 5.10 Å². The Balaban J connectivity index is 1.23. The molecule has 5 rings (SSSR count). The van der Waals surface area contributed by atoms with Crippen molar-refractivity contribution < 1.29 is 27.4 Å². The Kier molecular flexibility index (Phi) is 6.46. The lowest BCUT2D eigenvalue weighted by atomic mass is 9.91. The van der Waals surface area contributed by atoms with E-state index in [1.165, 1.54) is 58.2 Å². The van der Waals surface area contributed by atoms with Crippen molar-refractivity contribution in [2.45, 2.75) is 37.9 Å². The minimum absolute atomic E-state index is 0.0633. The zero-order valence-corrected chi connectivity index (χ0v) is 19.5. The van der Waals surface area contributed by atoms with Crippen LogP contribution in [0.4, 0.5) is 17.6 Å². The van der Waals surface area contributed by atoms with Gasteiger partial charge in [0.05, 0.1) is 24.0 Å². The predicted molar refractivity (Wildman–Crippen MR) is 126 cm³/mol. The Morgan fingerprint density at radius 3 is 2.35 bits per heavy atom. The molecule has 8 nitrogen and oxygen atoms in total. The zero-order chi connectivity index (χ0) is 26.2. The van der Waals surface area contributed by atoms with E-state index in [1.54, 1.807) is 12.1 Å². The molecule has 37 heavy (non-hydrogen) atoms. The second-order valence-corrected chi connectivity index (χ2v) is 9.14. The number of benzene rings is 2. The van der Waals surface area contributed by atoms with E-state index in [9.17, 15) is 27.5 Å². The summed E-state index contributed by atoms with van der Waals surface area (Å²) in [7, 11) is 0. The molecule has 194 valence electrons. The van der Waals surface area contributed by atoms with E-state index in [-0.39, 0.29) is 29.1 Å². The minimum Gasteiger partial charge on any atom is -0.406 e. The number of fused-ring (bicyclic) bond motifs is 1. The molecule has 0 saturated carbocycles. The van der Waals surface area contributed by atoms with Crippen molar-refractivity contribution in [3.63, 3.8) is 0 Å². The number of piperidine rings is 1. The van der Waals surface area contributed by atoms with Crippen LogP contribution >= 0.6 is 0 Å². The second-order valence-electron chi connectivity index (χ2n) is 9.14. The highest BCUT2D eigenvalue weighted by Gasteiger charge is 2.34. The fourth-order valence-electron chi connectivity index (χ4n) is 4.49. The van der Waals surface area contributed by atoms with E-state index in [2.05, 4.69) is 19.7 Å². The quantitative estimate of drug-likeness (QED) is 0.393. The average molecular weight is 517 g/mol. The lowest BCUT2D eigenvalue weighted by molar-refractivity contribution is -0.274. The van der Waals surface area contributed by atoms with Crippen LogP contribution in [-0.2, 0) is 13.1 Å². The first-order valence-corrected chi connectivity index (χ1v) is 11.6. The van der Waals surface area contributed by atoms with Crippen LogP contribution in [0, 0.1) is 5.82 Å².